The van der Waals surface area contributed by atoms with Gasteiger partial charge in [-0.15, -0.1) is 0 Å². The summed E-state index contributed by atoms with van der Waals surface area (Å²) in [6.07, 6.45) is 0. The maximum Gasteiger partial charge on any atom is 1.00 e. The minimum atomic E-state index is -9.74. The molecular weight excluding hydrogens is 777 g/mol. The molecule has 240 valence electrons. The molecule has 0 unspecified atom stereocenters. The van der Waals surface area contributed by atoms with Crippen LogP contribution in [0.15, 0.2) is 0 Å². The van der Waals surface area contributed by atoms with Crippen LogP contribution >= 0.6 is 0 Å². The van der Waals surface area contributed by atoms with Crippen molar-refractivity contribution >= 4 is 31.5 Å². The molecule has 0 aliphatic heterocycles. The first kappa shape index (κ1) is 38.2. The largest absolute Gasteiger partial charge is 1.00 e. The van der Waals surface area contributed by atoms with E-state index in [1.165, 1.54) is 0 Å². The summed E-state index contributed by atoms with van der Waals surface area (Å²) in [4.78, 5) is 0. The molecule has 0 atom stereocenters. The number of halogens is 20. The van der Waals surface area contributed by atoms with Gasteiger partial charge in [0.2, 0.25) is 0 Å². The molecule has 46 heavy (non-hydrogen) atoms. The Morgan fingerprint density at radius 1 is 0.174 bits per heavy atom. The minimum absolute atomic E-state index is 0. The molecule has 4 aromatic carbocycles. The summed E-state index contributed by atoms with van der Waals surface area (Å²) < 4.78 is 281. The van der Waals surface area contributed by atoms with Gasteiger partial charge in [-0.05, 0) is 0 Å². The van der Waals surface area contributed by atoms with Gasteiger partial charge in [0.25, 0.3) is 0 Å². The Kier molecular flexibility index (Phi) is 10.8. The molecule has 0 saturated carbocycles. The Morgan fingerprint density at radius 3 is 0.370 bits per heavy atom. The summed E-state index contributed by atoms with van der Waals surface area (Å²) in [7, 11) is 0. The molecule has 0 aromatic heterocycles. The van der Waals surface area contributed by atoms with Crippen LogP contribution in [0.25, 0.3) is 0 Å². The predicted octanol–water partition coefficient (Wildman–Crippen LogP) is 2.85. The van der Waals surface area contributed by atoms with Gasteiger partial charge >= 0.3 is 287 Å². The van der Waals surface area contributed by atoms with Crippen molar-refractivity contribution in [2.24, 2.45) is 0 Å². The molecule has 0 amide bonds. The van der Waals surface area contributed by atoms with E-state index in [0.717, 1.165) is 0 Å². The van der Waals surface area contributed by atoms with E-state index in [1.54, 1.807) is 0 Å². The smallest absolute Gasteiger partial charge is 1.00 e. The Balaban J connectivity index is 0.00000576. The number of benzene rings is 4. The van der Waals surface area contributed by atoms with E-state index < -0.39 is 148 Å². The Morgan fingerprint density at radius 2 is 0.261 bits per heavy atom. The maximum atomic E-state index is 15.4. The van der Waals surface area contributed by atoms with Crippen molar-refractivity contribution in [3.05, 3.63) is 116 Å². The fourth-order valence-corrected chi connectivity index (χ4v) is 17.0. The SMILES string of the molecule is Fc1c(F)c(F)[c]([Ga-]([c]2c(F)c(F)c(F)c(F)c2F)([c]2c(F)c(F)c(F)c(F)c2F)[c]2c(F)c(F)c(F)c(F)c2F)c(F)c1F.[K+]. The molecule has 4 aromatic rings. The molecule has 0 aliphatic carbocycles. The second-order valence-corrected chi connectivity index (χ2v) is 17.3. The second kappa shape index (κ2) is 13.0. The van der Waals surface area contributed by atoms with Crippen LogP contribution in [0.5, 0.6) is 0 Å². The Bertz CT molecular complexity index is 1580. The van der Waals surface area contributed by atoms with E-state index in [4.69, 9.17) is 0 Å². The topological polar surface area (TPSA) is 0 Å². The molecule has 22 heteroatoms. The van der Waals surface area contributed by atoms with Crippen LogP contribution in [0.3, 0.4) is 0 Å². The summed E-state index contributed by atoms with van der Waals surface area (Å²) in [5, 5.41) is 0. The molecular formula is C24F20GaK. The Labute approximate surface area is 284 Å². The van der Waals surface area contributed by atoms with Crippen LogP contribution in [0, 0.1) is 116 Å². The molecule has 0 bridgehead atoms. The Hall–Kier alpha value is -2.25. The van der Waals surface area contributed by atoms with E-state index in [2.05, 4.69) is 0 Å². The van der Waals surface area contributed by atoms with Crippen molar-refractivity contribution in [1.82, 2.24) is 0 Å². The van der Waals surface area contributed by atoms with Crippen LogP contribution in [-0.2, 0) is 0 Å². The molecule has 0 fully saturated rings. The van der Waals surface area contributed by atoms with Crippen molar-refractivity contribution in [2.45, 2.75) is 0 Å². The van der Waals surface area contributed by atoms with Gasteiger partial charge in [0.1, 0.15) is 0 Å². The van der Waals surface area contributed by atoms with Gasteiger partial charge in [0.15, 0.2) is 0 Å². The standard InChI is InChI=1S/4C6F5.Ga.K/c4*7-2-1-3(8)5(10)6(11)4(2)9;;/q;;;;-1;+1. The van der Waals surface area contributed by atoms with Crippen molar-refractivity contribution in [1.29, 1.82) is 0 Å². The molecule has 0 spiro atoms. The zero-order valence-electron chi connectivity index (χ0n) is 21.1. The molecule has 0 heterocycles. The predicted molar refractivity (Wildman–Crippen MR) is 109 cm³/mol. The fourth-order valence-electron chi connectivity index (χ4n) is 4.87. The number of hydrogen-bond donors (Lipinski definition) is 0. The zero-order valence-corrected chi connectivity index (χ0v) is 26.7. The molecule has 0 saturated heterocycles. The van der Waals surface area contributed by atoms with Crippen LogP contribution < -0.4 is 67.9 Å². The first-order valence-corrected chi connectivity index (χ1v) is 15.8. The molecule has 0 radical (unpaired) electrons. The van der Waals surface area contributed by atoms with Gasteiger partial charge in [-0.3, -0.25) is 0 Å². The number of rotatable bonds is 4. The van der Waals surface area contributed by atoms with Crippen molar-refractivity contribution in [2.75, 3.05) is 0 Å². The van der Waals surface area contributed by atoms with Gasteiger partial charge in [-0.1, -0.05) is 0 Å². The van der Waals surface area contributed by atoms with E-state index >= 15 is 35.1 Å². The van der Waals surface area contributed by atoms with Gasteiger partial charge in [-0.25, -0.2) is 0 Å². The summed E-state index contributed by atoms with van der Waals surface area (Å²) in [5.74, 6) is -70.5. The fraction of sp³-hybridized carbons (Fsp3) is 0. The van der Waals surface area contributed by atoms with Crippen LogP contribution in [0.1, 0.15) is 0 Å². The third-order valence-electron chi connectivity index (χ3n) is 6.71. The summed E-state index contributed by atoms with van der Waals surface area (Å²) >= 11 is -9.74. The molecule has 0 nitrogen and oxygen atoms in total. The number of hydrogen-bond acceptors (Lipinski definition) is 0. The summed E-state index contributed by atoms with van der Waals surface area (Å²) in [6.45, 7) is 0. The normalized spacial score (nSPS) is 11.7. The minimum Gasteiger partial charge on any atom is 1.00 e. The van der Waals surface area contributed by atoms with E-state index in [-0.39, 0.29) is 51.4 Å². The average molecular weight is 777 g/mol. The van der Waals surface area contributed by atoms with Gasteiger partial charge < -0.3 is 0 Å². The van der Waals surface area contributed by atoms with Crippen molar-refractivity contribution in [3.8, 4) is 0 Å². The van der Waals surface area contributed by atoms with Gasteiger partial charge in [-0.2, -0.15) is 0 Å². The molecule has 0 aliphatic rings. The zero-order chi connectivity index (χ0) is 34.4. The van der Waals surface area contributed by atoms with E-state index in [9.17, 15) is 52.7 Å². The third-order valence-corrected chi connectivity index (χ3v) is 18.2. The first-order valence-electron chi connectivity index (χ1n) is 10.9. The molecule has 4 rings (SSSR count). The maximum absolute atomic E-state index is 15.4. The summed E-state index contributed by atoms with van der Waals surface area (Å²) in [6, 6.07) is 0. The first-order chi connectivity index (χ1) is 20.7. The van der Waals surface area contributed by atoms with E-state index in [0.29, 0.717) is 0 Å². The summed E-state index contributed by atoms with van der Waals surface area (Å²) in [5.41, 5.74) is 0. The van der Waals surface area contributed by atoms with Crippen LogP contribution in [0.2, 0.25) is 0 Å². The van der Waals surface area contributed by atoms with Gasteiger partial charge in [0, 0.05) is 0 Å². The average Bonchev–Trinajstić information content (AvgIpc) is 3.00. The third kappa shape index (κ3) is 5.00. The van der Waals surface area contributed by atoms with Crippen LogP contribution in [0.4, 0.5) is 87.8 Å². The quantitative estimate of drug-likeness (QED) is 0.130. The molecule has 0 N–H and O–H groups in total. The van der Waals surface area contributed by atoms with Crippen molar-refractivity contribution in [3.63, 3.8) is 0 Å². The van der Waals surface area contributed by atoms with Crippen LogP contribution in [-0.4, -0.2) is 15.0 Å². The van der Waals surface area contributed by atoms with Crippen molar-refractivity contribution < 1.29 is 139 Å². The van der Waals surface area contributed by atoms with Gasteiger partial charge in [0.05, 0.1) is 0 Å². The van der Waals surface area contributed by atoms with E-state index in [1.807, 2.05) is 0 Å². The second-order valence-electron chi connectivity index (χ2n) is 8.80. The monoisotopic (exact) mass is 776 g/mol.